The molecule has 144 valence electrons. The molecule has 6 heteroatoms. The van der Waals surface area contributed by atoms with Gasteiger partial charge in [-0.05, 0) is 42.0 Å². The Kier molecular flexibility index (Phi) is 4.71. The first-order valence-electron chi connectivity index (χ1n) is 8.96. The van der Waals surface area contributed by atoms with Crippen LogP contribution in [0, 0.1) is 12.3 Å². The second-order valence-corrected chi connectivity index (χ2v) is 8.43. The minimum atomic E-state index is -3.99. The average molecular weight is 402 g/mol. The van der Waals surface area contributed by atoms with Crippen molar-refractivity contribution in [3.05, 3.63) is 96.4 Å². The van der Waals surface area contributed by atoms with Gasteiger partial charge in [0.15, 0.2) is 0 Å². The highest BCUT2D eigenvalue weighted by Gasteiger charge is 2.38. The monoisotopic (exact) mass is 402 g/mol. The topological polar surface area (TPSA) is 72.2 Å². The van der Waals surface area contributed by atoms with E-state index in [2.05, 4.69) is 10.9 Å². The minimum Gasteiger partial charge on any atom is -0.378 e. The normalized spacial score (nSPS) is 13.7. The van der Waals surface area contributed by atoms with Crippen LogP contribution in [-0.4, -0.2) is 22.5 Å². The number of para-hydroxylation sites is 1. The lowest BCUT2D eigenvalue weighted by atomic mass is 9.88. The first-order chi connectivity index (χ1) is 14.0. The van der Waals surface area contributed by atoms with Crippen molar-refractivity contribution in [3.8, 4) is 12.3 Å². The Bertz CT molecular complexity index is 1310. The van der Waals surface area contributed by atoms with Gasteiger partial charge in [0.2, 0.25) is 0 Å². The molecule has 0 aliphatic rings. The summed E-state index contributed by atoms with van der Waals surface area (Å²) in [5.41, 5.74) is -0.584. The smallest absolute Gasteiger partial charge is 0.268 e. The van der Waals surface area contributed by atoms with Crippen LogP contribution in [-0.2, 0) is 15.6 Å². The molecule has 2 aromatic heterocycles. The molecule has 0 radical (unpaired) electrons. The van der Waals surface area contributed by atoms with E-state index in [9.17, 15) is 13.5 Å². The van der Waals surface area contributed by atoms with Crippen LogP contribution in [0.5, 0.6) is 0 Å². The molecule has 0 amide bonds. The van der Waals surface area contributed by atoms with Gasteiger partial charge in [-0.3, -0.25) is 4.98 Å². The number of fused-ring (bicyclic) bond motifs is 1. The number of benzene rings is 2. The molecule has 0 saturated heterocycles. The maximum absolute atomic E-state index is 13.6. The molecule has 1 unspecified atom stereocenters. The summed E-state index contributed by atoms with van der Waals surface area (Å²) >= 11 is 0. The van der Waals surface area contributed by atoms with Crippen LogP contribution in [0.15, 0.2) is 90.1 Å². The fraction of sp³-hybridized carbons (Fsp3) is 0.0870. The molecule has 0 bridgehead atoms. The summed E-state index contributed by atoms with van der Waals surface area (Å²) in [6.07, 6.45) is 8.54. The fourth-order valence-corrected chi connectivity index (χ4v) is 5.09. The Morgan fingerprint density at radius 3 is 2.34 bits per heavy atom. The zero-order valence-electron chi connectivity index (χ0n) is 15.4. The van der Waals surface area contributed by atoms with Gasteiger partial charge in [-0.1, -0.05) is 36.4 Å². The third-order valence-corrected chi connectivity index (χ3v) is 6.63. The molecular weight excluding hydrogens is 384 g/mol. The van der Waals surface area contributed by atoms with Gasteiger partial charge in [0, 0.05) is 24.2 Å². The van der Waals surface area contributed by atoms with E-state index in [0.717, 1.165) is 0 Å². The molecule has 1 N–H and O–H groups in total. The van der Waals surface area contributed by atoms with E-state index in [0.29, 0.717) is 16.5 Å². The summed E-state index contributed by atoms with van der Waals surface area (Å²) in [4.78, 5) is 4.11. The van der Waals surface area contributed by atoms with Crippen molar-refractivity contribution in [2.45, 2.75) is 16.9 Å². The van der Waals surface area contributed by atoms with Crippen molar-refractivity contribution in [3.63, 3.8) is 0 Å². The summed E-state index contributed by atoms with van der Waals surface area (Å²) in [6, 6.07) is 20.2. The van der Waals surface area contributed by atoms with Crippen LogP contribution in [0.1, 0.15) is 17.7 Å². The molecule has 0 fully saturated rings. The molecule has 4 rings (SSSR count). The number of pyridine rings is 1. The zero-order chi connectivity index (χ0) is 20.5. The third kappa shape index (κ3) is 3.11. The number of nitrogens with zero attached hydrogens (tertiary/aromatic N) is 2. The van der Waals surface area contributed by atoms with E-state index >= 15 is 0 Å². The first-order valence-corrected chi connectivity index (χ1v) is 10.4. The average Bonchev–Trinajstić information content (AvgIpc) is 3.16. The lowest BCUT2D eigenvalue weighted by molar-refractivity contribution is 0.0812. The van der Waals surface area contributed by atoms with E-state index in [1.165, 1.54) is 28.5 Å². The van der Waals surface area contributed by atoms with E-state index in [1.807, 2.05) is 6.07 Å². The SMILES string of the molecule is C#CCC(O)(c1ccncc1)c1cc2ccccc2n1S(=O)(=O)c1ccccc1. The van der Waals surface area contributed by atoms with Gasteiger partial charge in [-0.2, -0.15) is 0 Å². The Labute approximate surface area is 169 Å². The minimum absolute atomic E-state index is 0.0996. The van der Waals surface area contributed by atoms with Gasteiger partial charge in [0.25, 0.3) is 10.0 Å². The van der Waals surface area contributed by atoms with Crippen LogP contribution in [0.4, 0.5) is 0 Å². The van der Waals surface area contributed by atoms with Crippen molar-refractivity contribution in [2.24, 2.45) is 0 Å². The van der Waals surface area contributed by atoms with Crippen LogP contribution in [0.2, 0.25) is 0 Å². The molecule has 29 heavy (non-hydrogen) atoms. The number of aromatic nitrogens is 2. The highest BCUT2D eigenvalue weighted by atomic mass is 32.2. The van der Waals surface area contributed by atoms with Gasteiger partial charge in [0.05, 0.1) is 16.1 Å². The Morgan fingerprint density at radius 2 is 1.66 bits per heavy atom. The molecule has 5 nitrogen and oxygen atoms in total. The molecule has 2 heterocycles. The summed E-state index contributed by atoms with van der Waals surface area (Å²) in [5, 5.41) is 12.4. The van der Waals surface area contributed by atoms with Gasteiger partial charge >= 0.3 is 0 Å². The zero-order valence-corrected chi connectivity index (χ0v) is 16.3. The molecule has 0 aliphatic carbocycles. The molecule has 4 aromatic rings. The molecule has 1 atom stereocenters. The lowest BCUT2D eigenvalue weighted by Gasteiger charge is -2.28. The van der Waals surface area contributed by atoms with Gasteiger partial charge in [0.1, 0.15) is 5.60 Å². The second kappa shape index (κ2) is 7.21. The number of aliphatic hydroxyl groups is 1. The van der Waals surface area contributed by atoms with Crippen molar-refractivity contribution in [1.82, 2.24) is 8.96 Å². The maximum Gasteiger partial charge on any atom is 0.268 e. The summed E-state index contributed by atoms with van der Waals surface area (Å²) in [7, 11) is -3.99. The Balaban J connectivity index is 2.09. The number of hydrogen-bond donors (Lipinski definition) is 1. The highest BCUT2D eigenvalue weighted by Crippen LogP contribution is 2.38. The van der Waals surface area contributed by atoms with Crippen molar-refractivity contribution in [2.75, 3.05) is 0 Å². The van der Waals surface area contributed by atoms with Gasteiger partial charge < -0.3 is 5.11 Å². The maximum atomic E-state index is 13.6. The van der Waals surface area contributed by atoms with E-state index in [1.54, 1.807) is 54.6 Å². The van der Waals surface area contributed by atoms with Gasteiger partial charge in [-0.25, -0.2) is 12.4 Å². The number of hydrogen-bond acceptors (Lipinski definition) is 4. The first kappa shape index (κ1) is 18.9. The molecule has 2 aromatic carbocycles. The lowest BCUT2D eigenvalue weighted by Crippen LogP contribution is -2.32. The fourth-order valence-electron chi connectivity index (χ4n) is 3.49. The second-order valence-electron chi connectivity index (χ2n) is 6.65. The van der Waals surface area contributed by atoms with Crippen LogP contribution in [0.25, 0.3) is 10.9 Å². The van der Waals surface area contributed by atoms with E-state index in [4.69, 9.17) is 6.42 Å². The Morgan fingerprint density at radius 1 is 1.00 bits per heavy atom. The quantitative estimate of drug-likeness (QED) is 0.519. The Hall–Kier alpha value is -3.40. The number of terminal acetylenes is 1. The van der Waals surface area contributed by atoms with E-state index < -0.39 is 15.6 Å². The summed E-state index contributed by atoms with van der Waals surface area (Å²) in [6.45, 7) is 0. The standard InChI is InChI=1S/C23H18N2O3S/c1-2-14-23(26,19-12-15-24-16-13-19)22-17-18-8-6-7-11-21(18)25(22)29(27,28)20-9-4-3-5-10-20/h1,3-13,15-17,26H,14H2. The highest BCUT2D eigenvalue weighted by molar-refractivity contribution is 7.90. The van der Waals surface area contributed by atoms with Gasteiger partial charge in [-0.15, -0.1) is 12.3 Å². The molecule has 0 spiro atoms. The van der Waals surface area contributed by atoms with E-state index in [-0.39, 0.29) is 17.0 Å². The molecule has 0 saturated carbocycles. The largest absolute Gasteiger partial charge is 0.378 e. The molecular formula is C23H18N2O3S. The summed E-state index contributed by atoms with van der Waals surface area (Å²) in [5.74, 6) is 2.49. The van der Waals surface area contributed by atoms with Crippen molar-refractivity contribution < 1.29 is 13.5 Å². The predicted molar refractivity (Wildman–Crippen MR) is 112 cm³/mol. The third-order valence-electron chi connectivity index (χ3n) is 4.89. The van der Waals surface area contributed by atoms with Crippen LogP contribution in [0.3, 0.4) is 0 Å². The number of rotatable bonds is 5. The van der Waals surface area contributed by atoms with Crippen LogP contribution < -0.4 is 0 Å². The van der Waals surface area contributed by atoms with Crippen LogP contribution >= 0.6 is 0 Å². The molecule has 0 aliphatic heterocycles. The van der Waals surface area contributed by atoms with Crippen molar-refractivity contribution in [1.29, 1.82) is 0 Å². The van der Waals surface area contributed by atoms with Crippen molar-refractivity contribution >= 4 is 20.9 Å². The predicted octanol–water partition coefficient (Wildman–Crippen LogP) is 3.53. The summed E-state index contributed by atoms with van der Waals surface area (Å²) < 4.78 is 28.4.